The third kappa shape index (κ3) is 4.29. The van der Waals surface area contributed by atoms with Crippen molar-refractivity contribution < 1.29 is 13.9 Å². The van der Waals surface area contributed by atoms with Crippen molar-refractivity contribution in [3.8, 4) is 6.07 Å². The van der Waals surface area contributed by atoms with E-state index in [0.29, 0.717) is 27.6 Å². The monoisotopic (exact) mass is 414 g/mol. The summed E-state index contributed by atoms with van der Waals surface area (Å²) in [6.45, 7) is 3.85. The van der Waals surface area contributed by atoms with Crippen LogP contribution in [0.15, 0.2) is 63.7 Å². The van der Waals surface area contributed by atoms with Gasteiger partial charge in [0, 0.05) is 16.3 Å². The lowest BCUT2D eigenvalue weighted by Crippen LogP contribution is -2.28. The molecule has 3 rings (SSSR count). The minimum atomic E-state index is -0.457. The topological polar surface area (TPSA) is 62.1 Å². The summed E-state index contributed by atoms with van der Waals surface area (Å²) in [5, 5.41) is 15.7. The molecule has 0 bridgehead atoms. The molecule has 7 heteroatoms. The Hall–Kier alpha value is -2.56. The average Bonchev–Trinajstić information content (AvgIpc) is 3.21. The molecule has 0 aliphatic carbocycles. The fourth-order valence-corrected chi connectivity index (χ4v) is 4.87. The van der Waals surface area contributed by atoms with Crippen LogP contribution in [0, 0.1) is 17.1 Å². The van der Waals surface area contributed by atoms with Gasteiger partial charge < -0.3 is 10.1 Å². The number of hydrogen-bond donors (Lipinski definition) is 1. The lowest BCUT2D eigenvalue weighted by Gasteiger charge is -2.28. The zero-order valence-corrected chi connectivity index (χ0v) is 17.1. The summed E-state index contributed by atoms with van der Waals surface area (Å²) in [4.78, 5) is 13.5. The van der Waals surface area contributed by atoms with Crippen LogP contribution in [0.4, 0.5) is 4.39 Å². The fraction of sp³-hybridized carbons (Fsp3) is 0.238. The van der Waals surface area contributed by atoms with Crippen molar-refractivity contribution >= 4 is 29.1 Å². The van der Waals surface area contributed by atoms with E-state index in [1.54, 1.807) is 19.1 Å². The number of benzene rings is 1. The molecule has 1 aromatic heterocycles. The van der Waals surface area contributed by atoms with Crippen molar-refractivity contribution in [1.82, 2.24) is 5.32 Å². The zero-order valence-electron chi connectivity index (χ0n) is 15.5. The number of thiophene rings is 1. The molecular weight excluding hydrogens is 395 g/mol. The van der Waals surface area contributed by atoms with Crippen molar-refractivity contribution in [3.63, 3.8) is 0 Å². The highest BCUT2D eigenvalue weighted by Crippen LogP contribution is 2.43. The second-order valence-electron chi connectivity index (χ2n) is 6.10. The third-order valence-corrected chi connectivity index (χ3v) is 6.29. The molecule has 0 spiro atoms. The largest absolute Gasteiger partial charge is 0.463 e. The number of dihydropyridines is 1. The maximum Gasteiger partial charge on any atom is 0.336 e. The molecule has 1 aliphatic rings. The van der Waals surface area contributed by atoms with E-state index in [1.807, 2.05) is 24.4 Å². The smallest absolute Gasteiger partial charge is 0.336 e. The van der Waals surface area contributed by atoms with Gasteiger partial charge >= 0.3 is 5.97 Å². The minimum Gasteiger partial charge on any atom is -0.463 e. The molecule has 1 aromatic carbocycles. The van der Waals surface area contributed by atoms with Gasteiger partial charge in [-0.25, -0.2) is 9.18 Å². The number of carbonyl (C=O) groups excluding carboxylic acids is 1. The number of ether oxygens (including phenoxy) is 1. The second kappa shape index (κ2) is 9.09. The van der Waals surface area contributed by atoms with Crippen LogP contribution in [0.5, 0.6) is 0 Å². The van der Waals surface area contributed by atoms with Crippen molar-refractivity contribution in [2.24, 2.45) is 0 Å². The van der Waals surface area contributed by atoms with Crippen LogP contribution in [0.25, 0.3) is 0 Å². The number of halogens is 1. The summed E-state index contributed by atoms with van der Waals surface area (Å²) in [6.07, 6.45) is 0. The Morgan fingerprint density at radius 2 is 2.11 bits per heavy atom. The summed E-state index contributed by atoms with van der Waals surface area (Å²) in [5.41, 5.74) is 2.58. The number of esters is 1. The number of rotatable bonds is 6. The number of nitriles is 1. The minimum absolute atomic E-state index is 0.268. The molecule has 0 saturated heterocycles. The Labute approximate surface area is 171 Å². The van der Waals surface area contributed by atoms with Crippen LogP contribution in [-0.4, -0.2) is 12.6 Å². The van der Waals surface area contributed by atoms with Crippen LogP contribution in [0.3, 0.4) is 0 Å². The predicted molar refractivity (Wildman–Crippen MR) is 110 cm³/mol. The standard InChI is InChI=1S/C21H19FN2O2S2/c1-3-26-21(25)18-13(2)24-20(28-12-14-6-8-15(22)9-7-14)16(11-23)19(18)17-5-4-10-27-17/h4-10,19,24H,3,12H2,1-2H3/t19-/m1/s1. The molecule has 0 fully saturated rings. The number of thioether (sulfide) groups is 1. The summed E-state index contributed by atoms with van der Waals surface area (Å²) in [5.74, 6) is -0.577. The maximum absolute atomic E-state index is 13.1. The maximum atomic E-state index is 13.1. The molecule has 1 aliphatic heterocycles. The van der Waals surface area contributed by atoms with E-state index in [2.05, 4.69) is 11.4 Å². The van der Waals surface area contributed by atoms with Crippen LogP contribution >= 0.6 is 23.1 Å². The Morgan fingerprint density at radius 1 is 1.36 bits per heavy atom. The van der Waals surface area contributed by atoms with Crippen molar-refractivity contribution in [2.45, 2.75) is 25.5 Å². The van der Waals surface area contributed by atoms with Crippen LogP contribution in [0.2, 0.25) is 0 Å². The highest BCUT2D eigenvalue weighted by molar-refractivity contribution is 8.02. The highest BCUT2D eigenvalue weighted by Gasteiger charge is 2.35. The van der Waals surface area contributed by atoms with Gasteiger partial charge in [0.1, 0.15) is 5.82 Å². The molecule has 2 aromatic rings. The van der Waals surface area contributed by atoms with Gasteiger partial charge in [-0.15, -0.1) is 23.1 Å². The Balaban J connectivity index is 1.95. The van der Waals surface area contributed by atoms with E-state index < -0.39 is 11.9 Å². The van der Waals surface area contributed by atoms with Crippen LogP contribution in [0.1, 0.15) is 30.2 Å². The Bertz CT molecular complexity index is 957. The van der Waals surface area contributed by atoms with Gasteiger partial charge in [0.05, 0.1) is 34.8 Å². The van der Waals surface area contributed by atoms with Crippen molar-refractivity contribution in [3.05, 3.63) is 79.9 Å². The number of carbonyl (C=O) groups is 1. The number of allylic oxidation sites excluding steroid dienone is 2. The molecular formula is C21H19FN2O2S2. The average molecular weight is 415 g/mol. The summed E-state index contributed by atoms with van der Waals surface area (Å²) >= 11 is 2.96. The fourth-order valence-electron chi connectivity index (χ4n) is 2.98. The molecule has 0 radical (unpaired) electrons. The third-order valence-electron chi connectivity index (χ3n) is 4.27. The zero-order chi connectivity index (χ0) is 20.1. The molecule has 0 unspecified atom stereocenters. The number of nitrogens with zero attached hydrogens (tertiary/aromatic N) is 1. The van der Waals surface area contributed by atoms with Gasteiger partial charge in [0.25, 0.3) is 0 Å². The van der Waals surface area contributed by atoms with Crippen LogP contribution in [-0.2, 0) is 15.3 Å². The molecule has 28 heavy (non-hydrogen) atoms. The van der Waals surface area contributed by atoms with E-state index in [0.717, 1.165) is 10.4 Å². The molecule has 2 heterocycles. The van der Waals surface area contributed by atoms with Gasteiger partial charge in [-0.1, -0.05) is 18.2 Å². The van der Waals surface area contributed by atoms with E-state index in [-0.39, 0.29) is 12.4 Å². The molecule has 144 valence electrons. The highest BCUT2D eigenvalue weighted by atomic mass is 32.2. The second-order valence-corrected chi connectivity index (χ2v) is 8.07. The predicted octanol–water partition coefficient (Wildman–Crippen LogP) is 5.08. The van der Waals surface area contributed by atoms with Gasteiger partial charge in [-0.2, -0.15) is 5.26 Å². The van der Waals surface area contributed by atoms with Gasteiger partial charge in [-0.05, 0) is 43.0 Å². The van der Waals surface area contributed by atoms with Crippen molar-refractivity contribution in [1.29, 1.82) is 5.26 Å². The van der Waals surface area contributed by atoms with E-state index in [9.17, 15) is 14.4 Å². The SMILES string of the molecule is CCOC(=O)C1=C(C)NC(SCc2ccc(F)cc2)=C(C#N)[C@@H]1c1cccs1. The molecule has 4 nitrogen and oxygen atoms in total. The Kier molecular flexibility index (Phi) is 6.55. The number of hydrogen-bond acceptors (Lipinski definition) is 6. The van der Waals surface area contributed by atoms with Gasteiger partial charge in [0.15, 0.2) is 0 Å². The summed E-state index contributed by atoms with van der Waals surface area (Å²) < 4.78 is 18.4. The Morgan fingerprint density at radius 3 is 2.71 bits per heavy atom. The first kappa shape index (κ1) is 20.2. The lowest BCUT2D eigenvalue weighted by molar-refractivity contribution is -0.138. The quantitative estimate of drug-likeness (QED) is 0.668. The summed E-state index contributed by atoms with van der Waals surface area (Å²) in [7, 11) is 0. The molecule has 1 atom stereocenters. The first-order valence-electron chi connectivity index (χ1n) is 8.75. The van der Waals surface area contributed by atoms with E-state index >= 15 is 0 Å². The molecule has 0 saturated carbocycles. The normalized spacial score (nSPS) is 16.6. The van der Waals surface area contributed by atoms with Gasteiger partial charge in [-0.3, -0.25) is 0 Å². The lowest BCUT2D eigenvalue weighted by atomic mass is 9.87. The first-order chi connectivity index (χ1) is 13.5. The van der Waals surface area contributed by atoms with E-state index in [4.69, 9.17) is 4.74 Å². The number of nitrogens with one attached hydrogen (secondary N) is 1. The van der Waals surface area contributed by atoms with Crippen molar-refractivity contribution in [2.75, 3.05) is 6.61 Å². The van der Waals surface area contributed by atoms with Crippen LogP contribution < -0.4 is 5.32 Å². The molecule has 0 amide bonds. The van der Waals surface area contributed by atoms with Gasteiger partial charge in [0.2, 0.25) is 0 Å². The summed E-state index contributed by atoms with van der Waals surface area (Å²) in [6, 6.07) is 12.4. The first-order valence-corrected chi connectivity index (χ1v) is 10.6. The molecule has 1 N–H and O–H groups in total. The van der Waals surface area contributed by atoms with E-state index in [1.165, 1.54) is 35.2 Å².